The van der Waals surface area contributed by atoms with Crippen LogP contribution in [0.25, 0.3) is 0 Å². The molecule has 0 aromatic heterocycles. The Labute approximate surface area is 125 Å². The van der Waals surface area contributed by atoms with Crippen LogP contribution in [0, 0.1) is 23.2 Å². The van der Waals surface area contributed by atoms with Crippen LogP contribution in [-0.4, -0.2) is 36.6 Å². The first kappa shape index (κ1) is 17.5. The molecule has 0 amide bonds. The molecular formula is C17H33N3. The van der Waals surface area contributed by atoms with E-state index in [2.05, 4.69) is 37.1 Å². The third-order valence-corrected chi connectivity index (χ3v) is 4.75. The van der Waals surface area contributed by atoms with Gasteiger partial charge in [0, 0.05) is 6.54 Å². The van der Waals surface area contributed by atoms with Crippen LogP contribution in [-0.2, 0) is 0 Å². The van der Waals surface area contributed by atoms with Crippen molar-refractivity contribution in [3.05, 3.63) is 0 Å². The maximum atomic E-state index is 9.38. The molecule has 0 bridgehead atoms. The van der Waals surface area contributed by atoms with Crippen molar-refractivity contribution < 1.29 is 0 Å². The molecule has 1 N–H and O–H groups in total. The second-order valence-corrected chi connectivity index (χ2v) is 6.90. The average Bonchev–Trinajstić information content (AvgIpc) is 2.68. The first-order valence-electron chi connectivity index (χ1n) is 8.39. The third kappa shape index (κ3) is 5.81. The van der Waals surface area contributed by atoms with E-state index in [-0.39, 0.29) is 5.54 Å². The van der Waals surface area contributed by atoms with Gasteiger partial charge < -0.3 is 4.90 Å². The van der Waals surface area contributed by atoms with Gasteiger partial charge in [0.2, 0.25) is 0 Å². The molecule has 1 aliphatic rings. The van der Waals surface area contributed by atoms with Crippen molar-refractivity contribution in [2.45, 2.75) is 65.3 Å². The van der Waals surface area contributed by atoms with Gasteiger partial charge in [-0.05, 0) is 70.5 Å². The Morgan fingerprint density at radius 1 is 1.35 bits per heavy atom. The van der Waals surface area contributed by atoms with Gasteiger partial charge in [0.25, 0.3) is 0 Å². The third-order valence-electron chi connectivity index (χ3n) is 4.75. The number of likely N-dealkylation sites (tertiary alicyclic amines) is 1. The summed E-state index contributed by atoms with van der Waals surface area (Å²) in [6.07, 6.45) is 6.02. The van der Waals surface area contributed by atoms with Crippen LogP contribution in [0.15, 0.2) is 0 Å². The second kappa shape index (κ2) is 8.64. The van der Waals surface area contributed by atoms with Crippen LogP contribution in [0.5, 0.6) is 0 Å². The fourth-order valence-electron chi connectivity index (χ4n) is 3.04. The summed E-state index contributed by atoms with van der Waals surface area (Å²) in [6, 6.07) is 2.46. The summed E-state index contributed by atoms with van der Waals surface area (Å²) in [5, 5.41) is 12.8. The van der Waals surface area contributed by atoms with Crippen LogP contribution in [0.4, 0.5) is 0 Å². The molecule has 3 nitrogen and oxygen atoms in total. The molecule has 0 saturated carbocycles. The Bertz CT molecular complexity index is 308. The fourth-order valence-corrected chi connectivity index (χ4v) is 3.04. The zero-order chi connectivity index (χ0) is 15.0. The van der Waals surface area contributed by atoms with Crippen molar-refractivity contribution in [3.8, 4) is 6.07 Å². The van der Waals surface area contributed by atoms with Gasteiger partial charge in [0.1, 0.15) is 5.54 Å². The molecule has 1 heterocycles. The van der Waals surface area contributed by atoms with Crippen molar-refractivity contribution in [2.24, 2.45) is 11.8 Å². The van der Waals surface area contributed by atoms with Gasteiger partial charge in [0.05, 0.1) is 6.07 Å². The predicted molar refractivity (Wildman–Crippen MR) is 85.5 cm³/mol. The summed E-state index contributed by atoms with van der Waals surface area (Å²) in [7, 11) is 0. The van der Waals surface area contributed by atoms with E-state index in [1.165, 1.54) is 32.4 Å². The van der Waals surface area contributed by atoms with E-state index in [0.717, 1.165) is 37.8 Å². The van der Waals surface area contributed by atoms with E-state index in [1.807, 2.05) is 6.92 Å². The zero-order valence-electron chi connectivity index (χ0n) is 13.9. The highest BCUT2D eigenvalue weighted by Gasteiger charge is 2.25. The number of nitriles is 1. The Morgan fingerprint density at radius 2 is 2.10 bits per heavy atom. The maximum absolute atomic E-state index is 9.38. The number of hydrogen-bond donors (Lipinski definition) is 1. The van der Waals surface area contributed by atoms with Gasteiger partial charge in [-0.15, -0.1) is 0 Å². The van der Waals surface area contributed by atoms with Crippen LogP contribution < -0.4 is 5.32 Å². The Balaban J connectivity index is 2.39. The SMILES string of the molecule is CCCNC(C)(C#N)CCN1CCCC(C(C)C)CC1. The predicted octanol–water partition coefficient (Wildman–Crippen LogP) is 3.42. The summed E-state index contributed by atoms with van der Waals surface area (Å²) in [4.78, 5) is 2.56. The van der Waals surface area contributed by atoms with Gasteiger partial charge in [-0.2, -0.15) is 5.26 Å². The minimum absolute atomic E-state index is 0.361. The largest absolute Gasteiger partial charge is 0.303 e. The van der Waals surface area contributed by atoms with Crippen molar-refractivity contribution >= 4 is 0 Å². The highest BCUT2D eigenvalue weighted by atomic mass is 15.1. The second-order valence-electron chi connectivity index (χ2n) is 6.90. The number of rotatable bonds is 7. The van der Waals surface area contributed by atoms with E-state index >= 15 is 0 Å². The van der Waals surface area contributed by atoms with Gasteiger partial charge in [-0.25, -0.2) is 0 Å². The Hall–Kier alpha value is -0.590. The molecule has 2 unspecified atom stereocenters. The molecule has 0 aromatic carbocycles. The standard InChI is InChI=1S/C17H33N3/c1-5-10-19-17(4,14-18)9-13-20-11-6-7-16(8-12-20)15(2)3/h15-16,19H,5-13H2,1-4H3. The highest BCUT2D eigenvalue weighted by molar-refractivity contribution is 5.04. The lowest BCUT2D eigenvalue weighted by molar-refractivity contribution is 0.245. The molecule has 116 valence electrons. The van der Waals surface area contributed by atoms with Crippen molar-refractivity contribution in [2.75, 3.05) is 26.2 Å². The first-order chi connectivity index (χ1) is 9.50. The molecule has 20 heavy (non-hydrogen) atoms. The summed E-state index contributed by atoms with van der Waals surface area (Å²) in [5.41, 5.74) is -0.361. The van der Waals surface area contributed by atoms with Gasteiger partial charge in [-0.1, -0.05) is 20.8 Å². The summed E-state index contributed by atoms with van der Waals surface area (Å²) >= 11 is 0. The average molecular weight is 279 g/mol. The van der Waals surface area contributed by atoms with E-state index in [4.69, 9.17) is 0 Å². The molecule has 0 radical (unpaired) electrons. The van der Waals surface area contributed by atoms with Gasteiger partial charge in [-0.3, -0.25) is 5.32 Å². The molecule has 1 aliphatic heterocycles. The molecule has 3 heteroatoms. The summed E-state index contributed by atoms with van der Waals surface area (Å²) in [5.74, 6) is 1.70. The maximum Gasteiger partial charge on any atom is 0.105 e. The molecule has 1 saturated heterocycles. The molecule has 0 aliphatic carbocycles. The van der Waals surface area contributed by atoms with E-state index in [0.29, 0.717) is 0 Å². The molecule has 1 rings (SSSR count). The van der Waals surface area contributed by atoms with Gasteiger partial charge in [0.15, 0.2) is 0 Å². The van der Waals surface area contributed by atoms with Crippen LogP contribution in [0.3, 0.4) is 0 Å². The molecule has 2 atom stereocenters. The lowest BCUT2D eigenvalue weighted by Crippen LogP contribution is -2.44. The number of nitrogens with zero attached hydrogens (tertiary/aromatic N) is 2. The zero-order valence-corrected chi connectivity index (χ0v) is 13.9. The minimum Gasteiger partial charge on any atom is -0.303 e. The van der Waals surface area contributed by atoms with Crippen molar-refractivity contribution in [1.29, 1.82) is 5.26 Å². The Kier molecular flexibility index (Phi) is 7.55. The van der Waals surface area contributed by atoms with E-state index < -0.39 is 0 Å². The van der Waals surface area contributed by atoms with Crippen LogP contribution in [0.1, 0.15) is 59.8 Å². The lowest BCUT2D eigenvalue weighted by atomic mass is 9.89. The van der Waals surface area contributed by atoms with Gasteiger partial charge >= 0.3 is 0 Å². The normalized spacial score (nSPS) is 24.1. The van der Waals surface area contributed by atoms with E-state index in [1.54, 1.807) is 0 Å². The number of nitrogens with one attached hydrogen (secondary N) is 1. The summed E-state index contributed by atoms with van der Waals surface area (Å²) < 4.78 is 0. The lowest BCUT2D eigenvalue weighted by Gasteiger charge is -2.27. The number of hydrogen-bond acceptors (Lipinski definition) is 3. The fraction of sp³-hybridized carbons (Fsp3) is 0.941. The molecule has 1 fully saturated rings. The molecular weight excluding hydrogens is 246 g/mol. The Morgan fingerprint density at radius 3 is 2.70 bits per heavy atom. The van der Waals surface area contributed by atoms with E-state index in [9.17, 15) is 5.26 Å². The molecule has 0 aromatic rings. The molecule has 0 spiro atoms. The smallest absolute Gasteiger partial charge is 0.105 e. The van der Waals surface area contributed by atoms with Crippen LogP contribution >= 0.6 is 0 Å². The van der Waals surface area contributed by atoms with Crippen LogP contribution in [0.2, 0.25) is 0 Å². The minimum atomic E-state index is -0.361. The van der Waals surface area contributed by atoms with Crippen molar-refractivity contribution in [1.82, 2.24) is 10.2 Å². The summed E-state index contributed by atoms with van der Waals surface area (Å²) in [6.45, 7) is 13.3. The topological polar surface area (TPSA) is 39.1 Å². The van der Waals surface area contributed by atoms with Crippen molar-refractivity contribution in [3.63, 3.8) is 0 Å². The quantitative estimate of drug-likeness (QED) is 0.776. The monoisotopic (exact) mass is 279 g/mol. The first-order valence-corrected chi connectivity index (χ1v) is 8.39. The highest BCUT2D eigenvalue weighted by Crippen LogP contribution is 2.25.